The third-order valence-electron chi connectivity index (χ3n) is 2.48. The van der Waals surface area contributed by atoms with E-state index in [1.54, 1.807) is 24.1 Å². The second-order valence-corrected chi connectivity index (χ2v) is 6.21. The molecule has 0 saturated heterocycles. The molecule has 0 saturated carbocycles. The number of sulfonamides is 1. The fourth-order valence-corrected chi connectivity index (χ4v) is 2.40. The number of hydrogen-bond donors (Lipinski definition) is 1. The Morgan fingerprint density at radius 1 is 1.37 bits per heavy atom. The second kappa shape index (κ2) is 4.74. The van der Waals surface area contributed by atoms with Gasteiger partial charge in [0.25, 0.3) is 15.2 Å². The van der Waals surface area contributed by atoms with Gasteiger partial charge in [0.1, 0.15) is 0 Å². The molecule has 0 radical (unpaired) electrons. The highest BCUT2D eigenvalue weighted by atomic mass is 32.2. The van der Waals surface area contributed by atoms with E-state index in [4.69, 9.17) is 5.14 Å². The zero-order valence-electron chi connectivity index (χ0n) is 11.0. The molecule has 0 amide bonds. The first kappa shape index (κ1) is 13.7. The Kier molecular flexibility index (Phi) is 3.42. The van der Waals surface area contributed by atoms with Gasteiger partial charge in [-0.05, 0) is 5.92 Å². The van der Waals surface area contributed by atoms with Crippen molar-refractivity contribution in [3.05, 3.63) is 12.4 Å². The first-order chi connectivity index (χ1) is 8.79. The van der Waals surface area contributed by atoms with Crippen molar-refractivity contribution < 1.29 is 8.42 Å². The molecule has 0 unspecified atom stereocenters. The summed E-state index contributed by atoms with van der Waals surface area (Å²) in [5, 5.41) is 16.6. The van der Waals surface area contributed by atoms with Crippen LogP contribution >= 0.6 is 0 Å². The summed E-state index contributed by atoms with van der Waals surface area (Å²) >= 11 is 0. The van der Waals surface area contributed by atoms with E-state index in [-0.39, 0.29) is 11.1 Å². The number of nitrogens with two attached hydrogens (primary N) is 1. The molecular weight excluding hydrogens is 268 g/mol. The van der Waals surface area contributed by atoms with Crippen LogP contribution in [0.1, 0.15) is 13.8 Å². The quantitative estimate of drug-likeness (QED) is 0.848. The summed E-state index contributed by atoms with van der Waals surface area (Å²) in [5.41, 5.74) is 0.700. The molecule has 2 aromatic rings. The Labute approximate surface area is 111 Å². The number of aryl methyl sites for hydroxylation is 1. The number of nitrogens with zero attached hydrogens (tertiary/aromatic N) is 5. The van der Waals surface area contributed by atoms with Crippen molar-refractivity contribution in [1.29, 1.82) is 0 Å². The van der Waals surface area contributed by atoms with Crippen LogP contribution in [0.4, 0.5) is 0 Å². The molecule has 104 valence electrons. The molecule has 0 aliphatic heterocycles. The monoisotopic (exact) mass is 284 g/mol. The minimum absolute atomic E-state index is 0.222. The Morgan fingerprint density at radius 3 is 2.53 bits per heavy atom. The molecule has 0 bridgehead atoms. The summed E-state index contributed by atoms with van der Waals surface area (Å²) in [4.78, 5) is 0. The van der Waals surface area contributed by atoms with Crippen molar-refractivity contribution in [3.63, 3.8) is 0 Å². The van der Waals surface area contributed by atoms with Gasteiger partial charge in [0, 0.05) is 19.8 Å². The molecule has 0 aliphatic carbocycles. The van der Waals surface area contributed by atoms with E-state index in [1.165, 1.54) is 4.57 Å². The van der Waals surface area contributed by atoms with E-state index in [9.17, 15) is 8.42 Å². The Morgan fingerprint density at radius 2 is 2.05 bits per heavy atom. The van der Waals surface area contributed by atoms with Gasteiger partial charge >= 0.3 is 0 Å². The van der Waals surface area contributed by atoms with Crippen molar-refractivity contribution >= 4 is 10.0 Å². The molecular formula is C10H16N6O2S. The van der Waals surface area contributed by atoms with Crippen LogP contribution in [0, 0.1) is 5.92 Å². The summed E-state index contributed by atoms with van der Waals surface area (Å²) in [7, 11) is -2.13. The van der Waals surface area contributed by atoms with E-state index >= 15 is 0 Å². The molecule has 2 rings (SSSR count). The van der Waals surface area contributed by atoms with Crippen LogP contribution in [0.3, 0.4) is 0 Å². The van der Waals surface area contributed by atoms with E-state index in [2.05, 4.69) is 15.3 Å². The van der Waals surface area contributed by atoms with E-state index < -0.39 is 10.0 Å². The van der Waals surface area contributed by atoms with Crippen molar-refractivity contribution in [3.8, 4) is 11.4 Å². The lowest BCUT2D eigenvalue weighted by molar-refractivity contribution is 0.486. The van der Waals surface area contributed by atoms with Crippen LogP contribution in [0.2, 0.25) is 0 Å². The summed E-state index contributed by atoms with van der Waals surface area (Å²) in [6.07, 6.45) is 3.35. The van der Waals surface area contributed by atoms with Crippen molar-refractivity contribution in [1.82, 2.24) is 24.5 Å². The topological polar surface area (TPSA) is 109 Å². The SMILES string of the molecule is CC(C)Cn1c(-c2cnn(C)c2)nnc1S(N)(=O)=O. The molecule has 9 heteroatoms. The van der Waals surface area contributed by atoms with Crippen LogP contribution in [0.5, 0.6) is 0 Å². The summed E-state index contributed by atoms with van der Waals surface area (Å²) < 4.78 is 26.2. The zero-order chi connectivity index (χ0) is 14.2. The fourth-order valence-electron chi connectivity index (χ4n) is 1.78. The highest BCUT2D eigenvalue weighted by Gasteiger charge is 2.23. The van der Waals surface area contributed by atoms with E-state index in [0.717, 1.165) is 0 Å². The van der Waals surface area contributed by atoms with E-state index in [0.29, 0.717) is 17.9 Å². The third-order valence-corrected chi connectivity index (χ3v) is 3.29. The number of rotatable bonds is 4. The van der Waals surface area contributed by atoms with Crippen molar-refractivity contribution in [2.75, 3.05) is 0 Å². The van der Waals surface area contributed by atoms with Crippen molar-refractivity contribution in [2.45, 2.75) is 25.5 Å². The molecule has 2 heterocycles. The second-order valence-electron chi connectivity index (χ2n) is 4.76. The standard InChI is InChI=1S/C10H16N6O2S/c1-7(2)5-16-9(8-4-12-15(3)6-8)13-14-10(16)19(11,17)18/h4,6-7H,5H2,1-3H3,(H2,11,17,18). The van der Waals surface area contributed by atoms with Crippen LogP contribution < -0.4 is 5.14 Å². The summed E-state index contributed by atoms with van der Waals surface area (Å²) in [5.74, 6) is 0.678. The molecule has 0 fully saturated rings. The zero-order valence-corrected chi connectivity index (χ0v) is 11.8. The average molecular weight is 284 g/mol. The normalized spacial score (nSPS) is 12.3. The molecule has 8 nitrogen and oxygen atoms in total. The first-order valence-electron chi connectivity index (χ1n) is 5.74. The molecule has 19 heavy (non-hydrogen) atoms. The minimum atomic E-state index is -3.90. The summed E-state index contributed by atoms with van der Waals surface area (Å²) in [6, 6.07) is 0. The van der Waals surface area contributed by atoms with Gasteiger partial charge in [0.05, 0.1) is 11.8 Å². The molecule has 0 atom stereocenters. The lowest BCUT2D eigenvalue weighted by atomic mass is 10.2. The Hall–Kier alpha value is -1.74. The highest BCUT2D eigenvalue weighted by Crippen LogP contribution is 2.20. The molecule has 0 aliphatic rings. The van der Waals surface area contributed by atoms with Gasteiger partial charge in [-0.3, -0.25) is 9.25 Å². The molecule has 0 aromatic carbocycles. The van der Waals surface area contributed by atoms with Gasteiger partial charge in [-0.15, -0.1) is 10.2 Å². The van der Waals surface area contributed by atoms with Gasteiger partial charge in [-0.2, -0.15) is 5.10 Å². The van der Waals surface area contributed by atoms with Gasteiger partial charge < -0.3 is 0 Å². The predicted octanol–water partition coefficient (Wildman–Crippen LogP) is -0.0180. The van der Waals surface area contributed by atoms with Gasteiger partial charge in [0.15, 0.2) is 5.82 Å². The molecule has 2 aromatic heterocycles. The molecule has 2 N–H and O–H groups in total. The Bertz CT molecular complexity index is 685. The van der Waals surface area contributed by atoms with Crippen LogP contribution in [0.25, 0.3) is 11.4 Å². The maximum absolute atomic E-state index is 11.5. The number of hydrogen-bond acceptors (Lipinski definition) is 5. The fraction of sp³-hybridized carbons (Fsp3) is 0.500. The maximum Gasteiger partial charge on any atom is 0.273 e. The van der Waals surface area contributed by atoms with Crippen LogP contribution in [-0.4, -0.2) is 33.0 Å². The van der Waals surface area contributed by atoms with E-state index in [1.807, 2.05) is 13.8 Å². The smallest absolute Gasteiger partial charge is 0.273 e. The Balaban J connectivity index is 2.59. The largest absolute Gasteiger partial charge is 0.296 e. The van der Waals surface area contributed by atoms with Crippen LogP contribution in [0.15, 0.2) is 17.6 Å². The predicted molar refractivity (Wildman–Crippen MR) is 68.4 cm³/mol. The minimum Gasteiger partial charge on any atom is -0.296 e. The average Bonchev–Trinajstić information content (AvgIpc) is 2.82. The van der Waals surface area contributed by atoms with Gasteiger partial charge in [-0.1, -0.05) is 13.8 Å². The van der Waals surface area contributed by atoms with Crippen molar-refractivity contribution in [2.24, 2.45) is 18.1 Å². The lowest BCUT2D eigenvalue weighted by Gasteiger charge is -2.10. The highest BCUT2D eigenvalue weighted by molar-refractivity contribution is 7.89. The van der Waals surface area contributed by atoms with Gasteiger partial charge in [-0.25, -0.2) is 13.6 Å². The lowest BCUT2D eigenvalue weighted by Crippen LogP contribution is -2.20. The molecule has 0 spiro atoms. The third kappa shape index (κ3) is 2.82. The van der Waals surface area contributed by atoms with Gasteiger partial charge in [0.2, 0.25) is 0 Å². The maximum atomic E-state index is 11.5. The van der Waals surface area contributed by atoms with Crippen LogP contribution in [-0.2, 0) is 23.6 Å². The number of primary sulfonamides is 1. The summed E-state index contributed by atoms with van der Waals surface area (Å²) in [6.45, 7) is 4.41. The first-order valence-corrected chi connectivity index (χ1v) is 7.28. The number of aromatic nitrogens is 5.